The molecule has 28 heavy (non-hydrogen) atoms. The lowest BCUT2D eigenvalue weighted by molar-refractivity contribution is -0.121. The molecule has 2 aromatic rings. The van der Waals surface area contributed by atoms with Crippen molar-refractivity contribution in [3.8, 4) is 10.4 Å². The maximum Gasteiger partial charge on any atom is 0.220 e. The van der Waals surface area contributed by atoms with Crippen LogP contribution in [-0.4, -0.2) is 41.7 Å². The molecule has 2 aromatic heterocycles. The van der Waals surface area contributed by atoms with Crippen LogP contribution in [0.3, 0.4) is 0 Å². The van der Waals surface area contributed by atoms with E-state index in [9.17, 15) is 4.79 Å². The van der Waals surface area contributed by atoms with E-state index in [0.717, 1.165) is 52.4 Å². The zero-order valence-electron chi connectivity index (χ0n) is 16.8. The normalized spacial score (nSPS) is 19.7. The maximum atomic E-state index is 12.2. The molecule has 1 aliphatic carbocycles. The highest BCUT2D eigenvalue weighted by Crippen LogP contribution is 2.37. The van der Waals surface area contributed by atoms with Crippen LogP contribution in [-0.2, 0) is 16.1 Å². The SMILES string of the molecule is Cc1cc(-c2sc(N3CCOC[C@@H]3C)nc2CNC(=O)CC2CC2)cc(C)n1. The molecule has 6 nitrogen and oxygen atoms in total. The van der Waals surface area contributed by atoms with Gasteiger partial charge in [0.2, 0.25) is 5.91 Å². The predicted octanol–water partition coefficient (Wildman–Crippen LogP) is 3.46. The number of anilines is 1. The standard InChI is InChI=1S/C21H28N4O2S/c1-13-8-17(9-14(2)23-13)20-18(11-22-19(26)10-16-4-5-16)24-21(28-20)25-6-7-27-12-15(25)3/h8-9,15-16H,4-7,10-12H2,1-3H3,(H,22,26)/t15-/m0/s1. The first kappa shape index (κ1) is 19.3. The highest BCUT2D eigenvalue weighted by atomic mass is 32.1. The van der Waals surface area contributed by atoms with Crippen molar-refractivity contribution in [3.05, 3.63) is 29.2 Å². The van der Waals surface area contributed by atoms with Gasteiger partial charge in [-0.15, -0.1) is 0 Å². The molecule has 1 N–H and O–H groups in total. The van der Waals surface area contributed by atoms with E-state index in [-0.39, 0.29) is 5.91 Å². The Morgan fingerprint density at radius 3 is 2.71 bits per heavy atom. The number of hydrogen-bond acceptors (Lipinski definition) is 6. The Morgan fingerprint density at radius 1 is 1.29 bits per heavy atom. The van der Waals surface area contributed by atoms with E-state index < -0.39 is 0 Å². The van der Waals surface area contributed by atoms with Crippen LogP contribution in [0.1, 0.15) is 43.3 Å². The maximum absolute atomic E-state index is 12.2. The van der Waals surface area contributed by atoms with Gasteiger partial charge in [-0.05, 0) is 57.2 Å². The summed E-state index contributed by atoms with van der Waals surface area (Å²) in [6, 6.07) is 4.50. The Bertz CT molecular complexity index is 842. The van der Waals surface area contributed by atoms with Crippen molar-refractivity contribution in [2.75, 3.05) is 24.7 Å². The third-order valence-electron chi connectivity index (χ3n) is 5.27. The van der Waals surface area contributed by atoms with Gasteiger partial charge in [-0.25, -0.2) is 4.98 Å². The highest BCUT2D eigenvalue weighted by Gasteiger charge is 2.26. The van der Waals surface area contributed by atoms with Crippen LogP contribution < -0.4 is 10.2 Å². The number of aromatic nitrogens is 2. The molecule has 1 saturated heterocycles. The van der Waals surface area contributed by atoms with Crippen LogP contribution in [0, 0.1) is 19.8 Å². The van der Waals surface area contributed by atoms with E-state index in [2.05, 4.69) is 34.3 Å². The lowest BCUT2D eigenvalue weighted by Gasteiger charge is -2.32. The monoisotopic (exact) mass is 400 g/mol. The highest BCUT2D eigenvalue weighted by molar-refractivity contribution is 7.19. The first-order valence-corrected chi connectivity index (χ1v) is 10.9. The minimum atomic E-state index is 0.129. The largest absolute Gasteiger partial charge is 0.377 e. The van der Waals surface area contributed by atoms with Gasteiger partial charge in [-0.1, -0.05) is 11.3 Å². The minimum absolute atomic E-state index is 0.129. The molecule has 1 atom stereocenters. The first-order valence-electron chi connectivity index (χ1n) is 10.1. The Kier molecular flexibility index (Phi) is 5.64. The zero-order chi connectivity index (χ0) is 19.7. The fraction of sp³-hybridized carbons (Fsp3) is 0.571. The van der Waals surface area contributed by atoms with Crippen LogP contribution in [0.15, 0.2) is 12.1 Å². The number of ether oxygens (including phenoxy) is 1. The number of thiazole rings is 1. The lowest BCUT2D eigenvalue weighted by Crippen LogP contribution is -2.43. The fourth-order valence-corrected chi connectivity index (χ4v) is 4.82. The van der Waals surface area contributed by atoms with Crippen LogP contribution >= 0.6 is 11.3 Å². The number of aryl methyl sites for hydroxylation is 2. The summed E-state index contributed by atoms with van der Waals surface area (Å²) in [6.07, 6.45) is 3.01. The Balaban J connectivity index is 1.62. The van der Waals surface area contributed by atoms with Gasteiger partial charge in [-0.2, -0.15) is 0 Å². The number of carbonyl (C=O) groups is 1. The average Bonchev–Trinajstić information content (AvgIpc) is 3.35. The van der Waals surface area contributed by atoms with Crippen molar-refractivity contribution in [1.29, 1.82) is 0 Å². The van der Waals surface area contributed by atoms with Crippen molar-refractivity contribution in [3.63, 3.8) is 0 Å². The van der Waals surface area contributed by atoms with Crippen LogP contribution in [0.25, 0.3) is 10.4 Å². The second-order valence-electron chi connectivity index (χ2n) is 7.95. The Hall–Kier alpha value is -1.99. The van der Waals surface area contributed by atoms with E-state index in [1.165, 1.54) is 12.8 Å². The number of amides is 1. The number of pyridine rings is 1. The second kappa shape index (κ2) is 8.17. The lowest BCUT2D eigenvalue weighted by atomic mass is 10.1. The minimum Gasteiger partial charge on any atom is -0.377 e. The summed E-state index contributed by atoms with van der Waals surface area (Å²) in [5.41, 5.74) is 4.05. The Labute approximate surface area is 170 Å². The predicted molar refractivity (Wildman–Crippen MR) is 112 cm³/mol. The molecule has 2 fully saturated rings. The number of morpholine rings is 1. The van der Waals surface area contributed by atoms with Crippen molar-refractivity contribution >= 4 is 22.4 Å². The van der Waals surface area contributed by atoms with Crippen LogP contribution in [0.4, 0.5) is 5.13 Å². The molecule has 0 spiro atoms. The molecule has 0 unspecified atom stereocenters. The Morgan fingerprint density at radius 2 is 2.04 bits per heavy atom. The van der Waals surface area contributed by atoms with E-state index in [0.29, 0.717) is 24.9 Å². The summed E-state index contributed by atoms with van der Waals surface area (Å²) in [7, 11) is 0. The number of nitrogens with zero attached hydrogens (tertiary/aromatic N) is 3. The molecule has 3 heterocycles. The first-order chi connectivity index (χ1) is 13.5. The molecular weight excluding hydrogens is 372 g/mol. The molecule has 1 aliphatic heterocycles. The number of hydrogen-bond donors (Lipinski definition) is 1. The third-order valence-corrected chi connectivity index (χ3v) is 6.45. The molecule has 2 aliphatic rings. The van der Waals surface area contributed by atoms with Gasteiger partial charge in [0.15, 0.2) is 5.13 Å². The quantitative estimate of drug-likeness (QED) is 0.804. The molecule has 150 valence electrons. The summed E-state index contributed by atoms with van der Waals surface area (Å²) in [4.78, 5) is 25.1. The van der Waals surface area contributed by atoms with Crippen LogP contribution in [0.5, 0.6) is 0 Å². The van der Waals surface area contributed by atoms with E-state index in [1.54, 1.807) is 11.3 Å². The summed E-state index contributed by atoms with van der Waals surface area (Å²) in [5.74, 6) is 0.718. The van der Waals surface area contributed by atoms with Gasteiger partial charge in [0.1, 0.15) is 0 Å². The molecule has 4 rings (SSSR count). The molecule has 0 bridgehead atoms. The van der Waals surface area contributed by atoms with Gasteiger partial charge < -0.3 is 15.0 Å². The number of carbonyl (C=O) groups excluding carboxylic acids is 1. The smallest absolute Gasteiger partial charge is 0.220 e. The van der Waals surface area contributed by atoms with Gasteiger partial charge in [0.25, 0.3) is 0 Å². The topological polar surface area (TPSA) is 67.3 Å². The van der Waals surface area contributed by atoms with Crippen molar-refractivity contribution < 1.29 is 9.53 Å². The zero-order valence-corrected chi connectivity index (χ0v) is 17.6. The second-order valence-corrected chi connectivity index (χ2v) is 8.93. The van der Waals surface area contributed by atoms with E-state index in [4.69, 9.17) is 9.72 Å². The van der Waals surface area contributed by atoms with Crippen molar-refractivity contribution in [2.24, 2.45) is 5.92 Å². The van der Waals surface area contributed by atoms with Gasteiger partial charge in [0.05, 0.1) is 36.4 Å². The molecule has 0 radical (unpaired) electrons. The van der Waals surface area contributed by atoms with Crippen molar-refractivity contribution in [2.45, 2.75) is 52.6 Å². The summed E-state index contributed by atoms with van der Waals surface area (Å²) < 4.78 is 5.58. The fourth-order valence-electron chi connectivity index (χ4n) is 3.62. The molecule has 7 heteroatoms. The molecule has 1 amide bonds. The number of rotatable bonds is 6. The van der Waals surface area contributed by atoms with E-state index >= 15 is 0 Å². The summed E-state index contributed by atoms with van der Waals surface area (Å²) in [5, 5.41) is 4.09. The van der Waals surface area contributed by atoms with Gasteiger partial charge in [-0.3, -0.25) is 9.78 Å². The molecule has 1 saturated carbocycles. The average molecular weight is 401 g/mol. The molecule has 0 aromatic carbocycles. The third kappa shape index (κ3) is 4.52. The summed E-state index contributed by atoms with van der Waals surface area (Å²) >= 11 is 1.70. The number of nitrogens with one attached hydrogen (secondary N) is 1. The summed E-state index contributed by atoms with van der Waals surface area (Å²) in [6.45, 7) is 8.94. The van der Waals surface area contributed by atoms with Gasteiger partial charge >= 0.3 is 0 Å². The van der Waals surface area contributed by atoms with Crippen LogP contribution in [0.2, 0.25) is 0 Å². The van der Waals surface area contributed by atoms with Crippen molar-refractivity contribution in [1.82, 2.24) is 15.3 Å². The molecular formula is C21H28N4O2S. The van der Waals surface area contributed by atoms with Gasteiger partial charge in [0, 0.05) is 24.4 Å². The van der Waals surface area contributed by atoms with E-state index in [1.807, 2.05) is 13.8 Å².